The molecule has 0 spiro atoms. The van der Waals surface area contributed by atoms with Gasteiger partial charge in [0.15, 0.2) is 5.82 Å². The molecule has 1 aliphatic heterocycles. The molecule has 0 radical (unpaired) electrons. The maximum atomic E-state index is 12.6. The second-order valence-electron chi connectivity index (χ2n) is 6.39. The molecule has 1 fully saturated rings. The second kappa shape index (κ2) is 6.66. The molecule has 4 rings (SSSR count). The zero-order valence-electron chi connectivity index (χ0n) is 14.8. The van der Waals surface area contributed by atoms with Crippen LogP contribution >= 0.6 is 0 Å². The standard InChI is InChI=1S/C17H20N8O/c1-12-9-13(2)25-17(20-12)21-14(22-25)10-16(26)24-7-5-23(6-8-24)15-11-18-3-4-19-15/h3-4,9,11H,5-8,10H2,1-2H3. The predicted molar refractivity (Wildman–Crippen MR) is 94.8 cm³/mol. The van der Waals surface area contributed by atoms with E-state index >= 15 is 0 Å². The molecule has 1 saturated heterocycles. The van der Waals surface area contributed by atoms with Crippen molar-refractivity contribution in [2.24, 2.45) is 0 Å². The van der Waals surface area contributed by atoms with E-state index < -0.39 is 0 Å². The fourth-order valence-corrected chi connectivity index (χ4v) is 3.17. The van der Waals surface area contributed by atoms with Crippen molar-refractivity contribution in [3.8, 4) is 0 Å². The highest BCUT2D eigenvalue weighted by Crippen LogP contribution is 2.12. The molecule has 0 bridgehead atoms. The number of piperazine rings is 1. The van der Waals surface area contributed by atoms with Gasteiger partial charge in [0.1, 0.15) is 5.82 Å². The van der Waals surface area contributed by atoms with Gasteiger partial charge in [-0.3, -0.25) is 9.78 Å². The number of fused-ring (bicyclic) bond motifs is 1. The third-order valence-electron chi connectivity index (χ3n) is 4.48. The lowest BCUT2D eigenvalue weighted by molar-refractivity contribution is -0.130. The molecular weight excluding hydrogens is 332 g/mol. The third-order valence-corrected chi connectivity index (χ3v) is 4.48. The molecule has 4 heterocycles. The van der Waals surface area contributed by atoms with Crippen LogP contribution in [-0.2, 0) is 11.2 Å². The van der Waals surface area contributed by atoms with Crippen LogP contribution < -0.4 is 4.90 Å². The highest BCUT2D eigenvalue weighted by Gasteiger charge is 2.23. The Labute approximate surface area is 150 Å². The smallest absolute Gasteiger partial charge is 0.252 e. The van der Waals surface area contributed by atoms with E-state index in [9.17, 15) is 4.79 Å². The average molecular weight is 352 g/mol. The van der Waals surface area contributed by atoms with Crippen molar-refractivity contribution in [3.05, 3.63) is 41.9 Å². The molecule has 0 aromatic carbocycles. The molecule has 1 aliphatic rings. The van der Waals surface area contributed by atoms with Gasteiger partial charge in [0.25, 0.3) is 5.78 Å². The van der Waals surface area contributed by atoms with E-state index in [1.165, 1.54) is 0 Å². The van der Waals surface area contributed by atoms with Crippen LogP contribution in [0.3, 0.4) is 0 Å². The Bertz CT molecular complexity index is 931. The first-order chi connectivity index (χ1) is 12.6. The summed E-state index contributed by atoms with van der Waals surface area (Å²) in [4.78, 5) is 33.8. The highest BCUT2D eigenvalue weighted by molar-refractivity contribution is 5.78. The molecule has 0 saturated carbocycles. The van der Waals surface area contributed by atoms with Gasteiger partial charge in [0.2, 0.25) is 5.91 Å². The number of aromatic nitrogens is 6. The Balaban J connectivity index is 1.41. The minimum atomic E-state index is 0.0362. The van der Waals surface area contributed by atoms with Crippen molar-refractivity contribution in [1.29, 1.82) is 0 Å². The van der Waals surface area contributed by atoms with Crippen molar-refractivity contribution < 1.29 is 4.79 Å². The third kappa shape index (κ3) is 3.19. The van der Waals surface area contributed by atoms with E-state index in [4.69, 9.17) is 0 Å². The summed E-state index contributed by atoms with van der Waals surface area (Å²) in [5.41, 5.74) is 1.84. The molecule has 3 aromatic heterocycles. The summed E-state index contributed by atoms with van der Waals surface area (Å²) in [5.74, 6) is 1.93. The first-order valence-corrected chi connectivity index (χ1v) is 8.59. The summed E-state index contributed by atoms with van der Waals surface area (Å²) in [7, 11) is 0. The van der Waals surface area contributed by atoms with Crippen molar-refractivity contribution >= 4 is 17.5 Å². The summed E-state index contributed by atoms with van der Waals surface area (Å²) in [6, 6.07) is 1.94. The van der Waals surface area contributed by atoms with Crippen LogP contribution in [0.1, 0.15) is 17.2 Å². The normalized spacial score (nSPS) is 14.8. The number of hydrogen-bond donors (Lipinski definition) is 0. The zero-order chi connectivity index (χ0) is 18.1. The van der Waals surface area contributed by atoms with Gasteiger partial charge < -0.3 is 9.80 Å². The Hall–Kier alpha value is -3.10. The average Bonchev–Trinajstić information content (AvgIpc) is 3.05. The molecule has 3 aromatic rings. The van der Waals surface area contributed by atoms with Crippen molar-refractivity contribution in [1.82, 2.24) is 34.4 Å². The second-order valence-corrected chi connectivity index (χ2v) is 6.39. The van der Waals surface area contributed by atoms with Crippen LogP contribution in [0.15, 0.2) is 24.7 Å². The van der Waals surface area contributed by atoms with Gasteiger partial charge in [-0.1, -0.05) is 0 Å². The van der Waals surface area contributed by atoms with Crippen LogP contribution in [0.25, 0.3) is 5.78 Å². The monoisotopic (exact) mass is 352 g/mol. The molecule has 1 amide bonds. The zero-order valence-corrected chi connectivity index (χ0v) is 14.8. The number of nitrogens with zero attached hydrogens (tertiary/aromatic N) is 8. The van der Waals surface area contributed by atoms with Crippen LogP contribution in [0.2, 0.25) is 0 Å². The molecule has 0 N–H and O–H groups in total. The topological polar surface area (TPSA) is 92.4 Å². The summed E-state index contributed by atoms with van der Waals surface area (Å²) >= 11 is 0. The van der Waals surface area contributed by atoms with E-state index in [0.29, 0.717) is 24.7 Å². The van der Waals surface area contributed by atoms with Gasteiger partial charge in [0, 0.05) is 50.0 Å². The summed E-state index contributed by atoms with van der Waals surface area (Å²) in [6.07, 6.45) is 5.27. The maximum absolute atomic E-state index is 12.6. The molecule has 0 aliphatic carbocycles. The Morgan fingerprint density at radius 1 is 1.12 bits per heavy atom. The molecule has 134 valence electrons. The number of carbonyl (C=O) groups is 1. The van der Waals surface area contributed by atoms with E-state index in [1.807, 2.05) is 24.8 Å². The van der Waals surface area contributed by atoms with Gasteiger partial charge in [-0.25, -0.2) is 14.5 Å². The number of rotatable bonds is 3. The summed E-state index contributed by atoms with van der Waals surface area (Å²) in [6.45, 7) is 6.65. The van der Waals surface area contributed by atoms with Gasteiger partial charge in [0.05, 0.1) is 12.6 Å². The fourth-order valence-electron chi connectivity index (χ4n) is 3.17. The largest absolute Gasteiger partial charge is 0.352 e. The Morgan fingerprint density at radius 3 is 2.65 bits per heavy atom. The van der Waals surface area contributed by atoms with Crippen molar-refractivity contribution in [3.63, 3.8) is 0 Å². The lowest BCUT2D eigenvalue weighted by Crippen LogP contribution is -2.49. The lowest BCUT2D eigenvalue weighted by atomic mass is 10.2. The first-order valence-electron chi connectivity index (χ1n) is 8.59. The SMILES string of the molecule is Cc1cc(C)n2nc(CC(=O)N3CCN(c4cnccn4)CC3)nc2n1. The van der Waals surface area contributed by atoms with Gasteiger partial charge in [-0.15, -0.1) is 5.10 Å². The molecule has 26 heavy (non-hydrogen) atoms. The predicted octanol–water partition coefficient (Wildman–Crippen LogP) is 0.422. The maximum Gasteiger partial charge on any atom is 0.252 e. The fraction of sp³-hybridized carbons (Fsp3) is 0.412. The molecule has 9 heteroatoms. The molecule has 0 atom stereocenters. The van der Waals surface area contributed by atoms with E-state index in [2.05, 4.69) is 29.9 Å². The van der Waals surface area contributed by atoms with Crippen LogP contribution in [0.5, 0.6) is 0 Å². The Morgan fingerprint density at radius 2 is 1.92 bits per heavy atom. The van der Waals surface area contributed by atoms with Crippen LogP contribution in [0, 0.1) is 13.8 Å². The summed E-state index contributed by atoms with van der Waals surface area (Å²) < 4.78 is 1.68. The van der Waals surface area contributed by atoms with Crippen LogP contribution in [-0.4, -0.2) is 66.5 Å². The number of carbonyl (C=O) groups excluding carboxylic acids is 1. The van der Waals surface area contributed by atoms with Gasteiger partial charge in [-0.05, 0) is 19.9 Å². The van der Waals surface area contributed by atoms with Crippen molar-refractivity contribution in [2.45, 2.75) is 20.3 Å². The minimum absolute atomic E-state index is 0.0362. The van der Waals surface area contributed by atoms with E-state index in [1.54, 1.807) is 23.1 Å². The molecular formula is C17H20N8O. The molecule has 0 unspecified atom stereocenters. The number of hydrogen-bond acceptors (Lipinski definition) is 7. The molecule has 9 nitrogen and oxygen atoms in total. The van der Waals surface area contributed by atoms with Gasteiger partial charge in [-0.2, -0.15) is 4.98 Å². The first kappa shape index (κ1) is 16.4. The number of amides is 1. The minimum Gasteiger partial charge on any atom is -0.352 e. The van der Waals surface area contributed by atoms with E-state index in [0.717, 1.165) is 30.3 Å². The van der Waals surface area contributed by atoms with E-state index in [-0.39, 0.29) is 12.3 Å². The highest BCUT2D eigenvalue weighted by atomic mass is 16.2. The number of aryl methyl sites for hydroxylation is 2. The van der Waals surface area contributed by atoms with Gasteiger partial charge >= 0.3 is 0 Å². The van der Waals surface area contributed by atoms with Crippen molar-refractivity contribution in [2.75, 3.05) is 31.1 Å². The lowest BCUT2D eigenvalue weighted by Gasteiger charge is -2.35. The summed E-state index contributed by atoms with van der Waals surface area (Å²) in [5, 5.41) is 4.42. The Kier molecular flexibility index (Phi) is 4.19. The quantitative estimate of drug-likeness (QED) is 0.674. The number of anilines is 1. The van der Waals surface area contributed by atoms with Crippen LogP contribution in [0.4, 0.5) is 5.82 Å².